The zero-order valence-electron chi connectivity index (χ0n) is 8.86. The highest BCUT2D eigenvalue weighted by molar-refractivity contribution is 5.87. The Balaban J connectivity index is 3.84. The van der Waals surface area contributed by atoms with Gasteiger partial charge in [-0.1, -0.05) is 0 Å². The summed E-state index contributed by atoms with van der Waals surface area (Å²) < 4.78 is 4.56. The fraction of sp³-hybridized carbons (Fsp3) is 0.625. The van der Waals surface area contributed by atoms with E-state index in [1.54, 1.807) is 0 Å². The summed E-state index contributed by atoms with van der Waals surface area (Å²) in [5, 5.41) is 12.7. The number of primary amides is 1. The Labute approximate surface area is 92.1 Å². The number of esters is 1. The molecule has 16 heavy (non-hydrogen) atoms. The molecule has 0 aromatic heterocycles. The van der Waals surface area contributed by atoms with Gasteiger partial charge in [-0.25, -0.2) is 9.59 Å². The lowest BCUT2D eigenvalue weighted by Crippen LogP contribution is -2.45. The molecule has 0 heterocycles. The minimum absolute atomic E-state index is 0.126. The first kappa shape index (κ1) is 14.2. The Kier molecular flexibility index (Phi) is 6.61. The topological polar surface area (TPSA) is 131 Å². The number of nitrogens with two attached hydrogens (primary N) is 1. The quantitative estimate of drug-likeness (QED) is 0.383. The zero-order valence-corrected chi connectivity index (χ0v) is 8.86. The van der Waals surface area contributed by atoms with E-state index in [1.165, 1.54) is 6.92 Å². The number of urea groups is 1. The summed E-state index contributed by atoms with van der Waals surface area (Å²) >= 11 is 0. The van der Waals surface area contributed by atoms with E-state index >= 15 is 0 Å². The Hall–Kier alpha value is -1.83. The highest BCUT2D eigenvalue weighted by Crippen LogP contribution is 1.87. The van der Waals surface area contributed by atoms with Gasteiger partial charge < -0.3 is 26.2 Å². The van der Waals surface area contributed by atoms with Crippen LogP contribution in [0.3, 0.4) is 0 Å². The molecule has 0 spiro atoms. The molecular formula is C8H15N3O5. The van der Waals surface area contributed by atoms with Gasteiger partial charge in [0.25, 0.3) is 0 Å². The summed E-state index contributed by atoms with van der Waals surface area (Å²) in [7, 11) is 0. The van der Waals surface area contributed by atoms with Crippen molar-refractivity contribution in [3.05, 3.63) is 0 Å². The highest BCUT2D eigenvalue weighted by Gasteiger charge is 2.16. The van der Waals surface area contributed by atoms with E-state index in [4.69, 9.17) is 10.8 Å². The average molecular weight is 233 g/mol. The van der Waals surface area contributed by atoms with Gasteiger partial charge in [-0.2, -0.15) is 0 Å². The first-order chi connectivity index (χ1) is 7.47. The summed E-state index contributed by atoms with van der Waals surface area (Å²) in [6, 6.07) is -1.68. The summed E-state index contributed by atoms with van der Waals surface area (Å²) in [6.45, 7) is 0.697. The maximum absolute atomic E-state index is 11.1. The molecule has 0 aromatic rings. The Morgan fingerprint density at radius 3 is 2.56 bits per heavy atom. The van der Waals surface area contributed by atoms with Crippen molar-refractivity contribution >= 4 is 17.9 Å². The minimum Gasteiger partial charge on any atom is -0.462 e. The van der Waals surface area contributed by atoms with E-state index in [9.17, 15) is 14.4 Å². The molecule has 0 saturated carbocycles. The van der Waals surface area contributed by atoms with Crippen LogP contribution in [-0.4, -0.2) is 48.8 Å². The van der Waals surface area contributed by atoms with Crippen molar-refractivity contribution in [1.82, 2.24) is 10.6 Å². The van der Waals surface area contributed by atoms with Crippen LogP contribution in [0.1, 0.15) is 6.92 Å². The number of aliphatic hydroxyl groups is 1. The van der Waals surface area contributed by atoms with Crippen LogP contribution in [0.4, 0.5) is 4.79 Å². The number of hydrogen-bond donors (Lipinski definition) is 4. The summed E-state index contributed by atoms with van der Waals surface area (Å²) in [6.07, 6.45) is 0. The lowest BCUT2D eigenvalue weighted by Gasteiger charge is -2.12. The molecule has 0 aliphatic carbocycles. The third-order valence-electron chi connectivity index (χ3n) is 1.49. The van der Waals surface area contributed by atoms with Crippen molar-refractivity contribution in [2.45, 2.75) is 13.0 Å². The predicted octanol–water partition coefficient (Wildman–Crippen LogP) is -2.31. The molecule has 92 valence electrons. The molecule has 0 aromatic carbocycles. The molecule has 0 aliphatic rings. The molecule has 0 bridgehead atoms. The number of nitrogens with one attached hydrogen (secondary N) is 2. The number of rotatable bonds is 6. The molecule has 0 radical (unpaired) electrons. The van der Waals surface area contributed by atoms with Gasteiger partial charge in [0.15, 0.2) is 0 Å². The summed E-state index contributed by atoms with van der Waals surface area (Å²) in [5.74, 6) is -1.23. The SMILES string of the molecule is CC(NC(=O)CNC(N)=O)C(=O)OCCO. The Morgan fingerprint density at radius 1 is 1.44 bits per heavy atom. The van der Waals surface area contributed by atoms with Crippen molar-refractivity contribution in [1.29, 1.82) is 0 Å². The minimum atomic E-state index is -0.853. The van der Waals surface area contributed by atoms with Crippen LogP contribution in [0.5, 0.6) is 0 Å². The third kappa shape index (κ3) is 6.60. The Bertz CT molecular complexity index is 268. The fourth-order valence-electron chi connectivity index (χ4n) is 0.790. The van der Waals surface area contributed by atoms with E-state index in [-0.39, 0.29) is 19.8 Å². The van der Waals surface area contributed by atoms with Crippen LogP contribution in [0, 0.1) is 0 Å². The predicted molar refractivity (Wildman–Crippen MR) is 53.2 cm³/mol. The highest BCUT2D eigenvalue weighted by atomic mass is 16.5. The number of amides is 3. The van der Waals surface area contributed by atoms with Crippen LogP contribution < -0.4 is 16.4 Å². The van der Waals surface area contributed by atoms with E-state index in [1.807, 2.05) is 0 Å². The third-order valence-corrected chi connectivity index (χ3v) is 1.49. The van der Waals surface area contributed by atoms with Crippen LogP contribution >= 0.6 is 0 Å². The lowest BCUT2D eigenvalue weighted by atomic mass is 10.3. The van der Waals surface area contributed by atoms with E-state index < -0.39 is 23.9 Å². The average Bonchev–Trinajstić information content (AvgIpc) is 2.22. The molecule has 0 rings (SSSR count). The fourth-order valence-corrected chi connectivity index (χ4v) is 0.790. The normalized spacial score (nSPS) is 11.4. The molecule has 0 saturated heterocycles. The van der Waals surface area contributed by atoms with Gasteiger partial charge in [-0.3, -0.25) is 4.79 Å². The summed E-state index contributed by atoms with van der Waals surface area (Å²) in [5.41, 5.74) is 4.75. The number of carbonyl (C=O) groups is 3. The molecule has 0 fully saturated rings. The van der Waals surface area contributed by atoms with E-state index in [0.717, 1.165) is 0 Å². The molecule has 1 atom stereocenters. The van der Waals surface area contributed by atoms with Crippen molar-refractivity contribution in [3.63, 3.8) is 0 Å². The molecule has 0 aliphatic heterocycles. The Morgan fingerprint density at radius 2 is 2.06 bits per heavy atom. The van der Waals surface area contributed by atoms with Crippen LogP contribution in [0.15, 0.2) is 0 Å². The zero-order chi connectivity index (χ0) is 12.6. The molecule has 8 heteroatoms. The van der Waals surface area contributed by atoms with Gasteiger partial charge in [0.05, 0.1) is 13.2 Å². The monoisotopic (exact) mass is 233 g/mol. The number of ether oxygens (including phenoxy) is 1. The second-order valence-electron chi connectivity index (χ2n) is 2.90. The van der Waals surface area contributed by atoms with Crippen LogP contribution in [-0.2, 0) is 14.3 Å². The van der Waals surface area contributed by atoms with Gasteiger partial charge >= 0.3 is 12.0 Å². The maximum atomic E-state index is 11.1. The van der Waals surface area contributed by atoms with Gasteiger partial charge in [0.2, 0.25) is 5.91 Å². The smallest absolute Gasteiger partial charge is 0.328 e. The van der Waals surface area contributed by atoms with E-state index in [2.05, 4.69) is 15.4 Å². The van der Waals surface area contributed by atoms with Crippen molar-refractivity contribution in [3.8, 4) is 0 Å². The molecule has 5 N–H and O–H groups in total. The largest absolute Gasteiger partial charge is 0.462 e. The van der Waals surface area contributed by atoms with Gasteiger partial charge in [-0.05, 0) is 6.92 Å². The van der Waals surface area contributed by atoms with Crippen molar-refractivity contribution in [2.75, 3.05) is 19.8 Å². The van der Waals surface area contributed by atoms with Crippen molar-refractivity contribution in [2.24, 2.45) is 5.73 Å². The lowest BCUT2D eigenvalue weighted by molar-refractivity contribution is -0.148. The number of carbonyl (C=O) groups excluding carboxylic acids is 3. The standard InChI is InChI=1S/C8H15N3O5/c1-5(7(14)16-3-2-12)11-6(13)4-10-8(9)15/h5,12H,2-4H2,1H3,(H,11,13)(H3,9,10,15). The molecule has 3 amide bonds. The van der Waals surface area contributed by atoms with Gasteiger partial charge in [0, 0.05) is 0 Å². The number of aliphatic hydroxyl groups excluding tert-OH is 1. The first-order valence-corrected chi connectivity index (χ1v) is 4.57. The second-order valence-corrected chi connectivity index (χ2v) is 2.90. The number of hydrogen-bond acceptors (Lipinski definition) is 5. The summed E-state index contributed by atoms with van der Waals surface area (Å²) in [4.78, 5) is 32.5. The molecule has 1 unspecified atom stereocenters. The second kappa shape index (κ2) is 7.46. The first-order valence-electron chi connectivity index (χ1n) is 4.57. The van der Waals surface area contributed by atoms with E-state index in [0.29, 0.717) is 0 Å². The van der Waals surface area contributed by atoms with Crippen LogP contribution in [0.2, 0.25) is 0 Å². The van der Waals surface area contributed by atoms with Crippen LogP contribution in [0.25, 0.3) is 0 Å². The van der Waals surface area contributed by atoms with Crippen molar-refractivity contribution < 1.29 is 24.2 Å². The maximum Gasteiger partial charge on any atom is 0.328 e. The molecular weight excluding hydrogens is 218 g/mol. The van der Waals surface area contributed by atoms with Gasteiger partial charge in [0.1, 0.15) is 12.6 Å². The van der Waals surface area contributed by atoms with Gasteiger partial charge in [-0.15, -0.1) is 0 Å². The molecule has 8 nitrogen and oxygen atoms in total.